The lowest BCUT2D eigenvalue weighted by molar-refractivity contribution is 0.216. The average Bonchev–Trinajstić information content (AvgIpc) is 3.27. The van der Waals surface area contributed by atoms with Gasteiger partial charge in [-0.1, -0.05) is 6.07 Å². The van der Waals surface area contributed by atoms with E-state index in [0.717, 1.165) is 22.3 Å². The molecule has 2 aromatic heterocycles. The van der Waals surface area contributed by atoms with Crippen LogP contribution in [-0.4, -0.2) is 27.8 Å². The third-order valence-electron chi connectivity index (χ3n) is 5.71. The Morgan fingerprint density at radius 1 is 1.06 bits per heavy atom. The van der Waals surface area contributed by atoms with Gasteiger partial charge in [0.15, 0.2) is 17.2 Å². The van der Waals surface area contributed by atoms with Crippen LogP contribution in [-0.2, 0) is 6.54 Å². The van der Waals surface area contributed by atoms with Crippen molar-refractivity contribution in [1.29, 1.82) is 5.26 Å². The van der Waals surface area contributed by atoms with Crippen molar-refractivity contribution in [1.82, 2.24) is 14.6 Å². The third-order valence-corrected chi connectivity index (χ3v) is 5.71. The number of rotatable bonds is 1. The van der Waals surface area contributed by atoms with Crippen molar-refractivity contribution in [2.24, 2.45) is 0 Å². The maximum Gasteiger partial charge on any atom is 0.170 e. The topological polar surface area (TPSA) is 84.5 Å². The molecule has 0 aliphatic carbocycles. The summed E-state index contributed by atoms with van der Waals surface area (Å²) in [6, 6.07) is 12.6. The van der Waals surface area contributed by atoms with E-state index < -0.39 is 0 Å². The minimum Gasteiger partial charge on any atom is -0.490 e. The van der Waals surface area contributed by atoms with Gasteiger partial charge < -0.3 is 14.8 Å². The number of pyridine rings is 1. The fourth-order valence-electron chi connectivity index (χ4n) is 4.03. The number of nitrogens with zero attached hydrogens (tertiary/aromatic N) is 4. The summed E-state index contributed by atoms with van der Waals surface area (Å²) in [7, 11) is 0. The lowest BCUT2D eigenvalue weighted by Gasteiger charge is -2.17. The fraction of sp³-hybridized carbons (Fsp3) is 0.208. The van der Waals surface area contributed by atoms with E-state index in [1.807, 2.05) is 32.0 Å². The van der Waals surface area contributed by atoms with Crippen LogP contribution >= 0.6 is 0 Å². The second kappa shape index (κ2) is 7.85. The molecule has 0 atom stereocenters. The maximum absolute atomic E-state index is 14.6. The normalized spacial score (nSPS) is 13.2. The van der Waals surface area contributed by atoms with E-state index in [4.69, 9.17) is 9.47 Å². The molecule has 1 N–H and O–H groups in total. The van der Waals surface area contributed by atoms with Gasteiger partial charge in [0.2, 0.25) is 0 Å². The van der Waals surface area contributed by atoms with E-state index in [1.54, 1.807) is 22.9 Å². The molecular weight excluding hydrogens is 409 g/mol. The Morgan fingerprint density at radius 2 is 1.88 bits per heavy atom. The molecule has 0 spiro atoms. The number of fused-ring (bicyclic) bond motifs is 5. The van der Waals surface area contributed by atoms with E-state index in [2.05, 4.69) is 21.6 Å². The van der Waals surface area contributed by atoms with E-state index in [9.17, 15) is 9.65 Å². The van der Waals surface area contributed by atoms with Gasteiger partial charge in [-0.3, -0.25) is 4.40 Å². The largest absolute Gasteiger partial charge is 0.490 e. The molecular formula is C24H20FN5O2. The van der Waals surface area contributed by atoms with Crippen molar-refractivity contribution in [3.05, 3.63) is 70.8 Å². The zero-order valence-corrected chi connectivity index (χ0v) is 17.6. The number of hydrogen-bond donors (Lipinski definition) is 1. The van der Waals surface area contributed by atoms with Crippen LogP contribution in [0.1, 0.15) is 22.3 Å². The summed E-state index contributed by atoms with van der Waals surface area (Å²) in [5.41, 5.74) is 5.19. The highest BCUT2D eigenvalue weighted by Crippen LogP contribution is 2.36. The average molecular weight is 429 g/mol. The molecule has 4 aromatic rings. The Kier molecular flexibility index (Phi) is 4.86. The van der Waals surface area contributed by atoms with E-state index >= 15 is 0 Å². The van der Waals surface area contributed by atoms with Gasteiger partial charge in [0, 0.05) is 17.7 Å². The van der Waals surface area contributed by atoms with E-state index in [1.165, 1.54) is 6.07 Å². The van der Waals surface area contributed by atoms with Gasteiger partial charge >= 0.3 is 0 Å². The van der Waals surface area contributed by atoms with E-state index in [0.29, 0.717) is 47.3 Å². The molecule has 2 aromatic carbocycles. The molecule has 1 aliphatic rings. The maximum atomic E-state index is 14.6. The Morgan fingerprint density at radius 3 is 2.66 bits per heavy atom. The predicted octanol–water partition coefficient (Wildman–Crippen LogP) is 4.41. The van der Waals surface area contributed by atoms with Crippen LogP contribution in [0.5, 0.6) is 11.5 Å². The number of aromatic nitrogens is 3. The van der Waals surface area contributed by atoms with Crippen LogP contribution in [0.2, 0.25) is 0 Å². The quantitative estimate of drug-likeness (QED) is 0.483. The molecule has 2 bridgehead atoms. The van der Waals surface area contributed by atoms with Crippen LogP contribution in [0.3, 0.4) is 0 Å². The van der Waals surface area contributed by atoms with Crippen molar-refractivity contribution < 1.29 is 13.9 Å². The molecule has 0 unspecified atom stereocenters. The van der Waals surface area contributed by atoms with Gasteiger partial charge in [-0.2, -0.15) is 5.26 Å². The van der Waals surface area contributed by atoms with Gasteiger partial charge in [0.05, 0.1) is 11.6 Å². The number of anilines is 1. The first-order valence-electron chi connectivity index (χ1n) is 10.2. The molecule has 8 heteroatoms. The highest BCUT2D eigenvalue weighted by atomic mass is 19.1. The minimum absolute atomic E-state index is 0.244. The molecule has 0 radical (unpaired) electrons. The summed E-state index contributed by atoms with van der Waals surface area (Å²) in [4.78, 5) is 0. The Bertz CT molecular complexity index is 1390. The summed E-state index contributed by atoms with van der Waals surface area (Å²) >= 11 is 0. The molecule has 5 rings (SSSR count). The number of halogens is 1. The third kappa shape index (κ3) is 3.28. The number of hydrogen-bond acceptors (Lipinski definition) is 6. The van der Waals surface area contributed by atoms with E-state index in [-0.39, 0.29) is 12.4 Å². The van der Waals surface area contributed by atoms with Crippen molar-refractivity contribution >= 4 is 11.5 Å². The standard InChI is InChI=1S/C24H20FN5O2/c1-14-9-16(11-26)3-4-17(14)18-10-22-24(30-13-28-29-23(18)30)27-12-19-15(2)21(6-5-20(19)25)31-7-8-32-22/h3-6,9-10,13,27H,7-8,12H2,1-2H3. The second-order valence-corrected chi connectivity index (χ2v) is 7.64. The molecule has 0 amide bonds. The van der Waals surface area contributed by atoms with Crippen LogP contribution in [0.15, 0.2) is 42.7 Å². The van der Waals surface area contributed by atoms with Crippen LogP contribution in [0.4, 0.5) is 10.2 Å². The molecule has 0 saturated heterocycles. The molecule has 7 nitrogen and oxygen atoms in total. The first-order valence-corrected chi connectivity index (χ1v) is 10.2. The summed E-state index contributed by atoms with van der Waals surface area (Å²) in [5, 5.41) is 20.9. The minimum atomic E-state index is -0.297. The highest BCUT2D eigenvalue weighted by molar-refractivity contribution is 5.83. The van der Waals surface area contributed by atoms with Gasteiger partial charge in [0.25, 0.3) is 0 Å². The van der Waals surface area contributed by atoms with Crippen LogP contribution < -0.4 is 14.8 Å². The first-order chi connectivity index (χ1) is 15.6. The Labute approximate surface area is 184 Å². The Balaban J connectivity index is 1.66. The van der Waals surface area contributed by atoms with Gasteiger partial charge in [-0.15, -0.1) is 10.2 Å². The summed E-state index contributed by atoms with van der Waals surface area (Å²) in [6.45, 7) is 4.66. The lowest BCUT2D eigenvalue weighted by Crippen LogP contribution is -2.11. The van der Waals surface area contributed by atoms with Crippen molar-refractivity contribution in [2.75, 3.05) is 18.5 Å². The molecule has 0 fully saturated rings. The number of benzene rings is 2. The van der Waals surface area contributed by atoms with Crippen molar-refractivity contribution in [3.8, 4) is 28.7 Å². The van der Waals surface area contributed by atoms with Crippen molar-refractivity contribution in [2.45, 2.75) is 20.4 Å². The second-order valence-electron chi connectivity index (χ2n) is 7.64. The SMILES string of the molecule is Cc1cc(C#N)ccc1-c1cc2c(n3cnnc13)NCc1c(F)ccc(c1C)OCCO2. The predicted molar refractivity (Wildman–Crippen MR) is 117 cm³/mol. The van der Waals surface area contributed by atoms with Gasteiger partial charge in [-0.25, -0.2) is 4.39 Å². The number of aryl methyl sites for hydroxylation is 1. The monoisotopic (exact) mass is 429 g/mol. The molecule has 3 heterocycles. The summed E-state index contributed by atoms with van der Waals surface area (Å²) in [6.07, 6.45) is 1.60. The Hall–Kier alpha value is -4.12. The molecule has 32 heavy (non-hydrogen) atoms. The smallest absolute Gasteiger partial charge is 0.170 e. The fourth-order valence-corrected chi connectivity index (χ4v) is 4.03. The number of nitrogens with one attached hydrogen (secondary N) is 1. The number of nitriles is 1. The number of ether oxygens (including phenoxy) is 2. The zero-order valence-electron chi connectivity index (χ0n) is 17.6. The van der Waals surface area contributed by atoms with Gasteiger partial charge in [0.1, 0.15) is 31.1 Å². The summed E-state index contributed by atoms with van der Waals surface area (Å²) < 4.78 is 28.3. The highest BCUT2D eigenvalue weighted by Gasteiger charge is 2.20. The van der Waals surface area contributed by atoms with Crippen LogP contribution in [0.25, 0.3) is 16.8 Å². The van der Waals surface area contributed by atoms with Gasteiger partial charge in [-0.05, 0) is 60.9 Å². The van der Waals surface area contributed by atoms with Crippen molar-refractivity contribution in [3.63, 3.8) is 0 Å². The molecule has 0 saturated carbocycles. The summed E-state index contributed by atoms with van der Waals surface area (Å²) in [5.74, 6) is 1.55. The first kappa shape index (κ1) is 19.8. The van der Waals surface area contributed by atoms with Crippen LogP contribution in [0, 0.1) is 31.0 Å². The molecule has 160 valence electrons. The zero-order chi connectivity index (χ0) is 22.2. The molecule has 1 aliphatic heterocycles. The lowest BCUT2D eigenvalue weighted by atomic mass is 9.99.